The maximum atomic E-state index is 11.8. The number of carbonyl (C=O) groups is 2. The molecule has 116 valence electrons. The first-order valence-corrected chi connectivity index (χ1v) is 6.91. The fraction of sp³-hybridized carbons (Fsp3) is 0.467. The van der Waals surface area contributed by atoms with E-state index in [0.717, 1.165) is 6.54 Å². The number of anilines is 1. The van der Waals surface area contributed by atoms with Crippen molar-refractivity contribution in [2.75, 3.05) is 25.5 Å². The van der Waals surface area contributed by atoms with Gasteiger partial charge in [0, 0.05) is 19.1 Å². The number of rotatable bonds is 6. The topological polar surface area (TPSA) is 81.7 Å². The van der Waals surface area contributed by atoms with Crippen molar-refractivity contribution in [3.05, 3.63) is 29.3 Å². The Hall–Kier alpha value is -2.08. The summed E-state index contributed by atoms with van der Waals surface area (Å²) in [4.78, 5) is 25.1. The average molecular weight is 293 g/mol. The number of nitrogens with one attached hydrogen (secondary N) is 2. The highest BCUT2D eigenvalue weighted by Crippen LogP contribution is 2.19. The number of carbonyl (C=O) groups excluding carboxylic acids is 1. The van der Waals surface area contributed by atoms with E-state index in [0.29, 0.717) is 23.8 Å². The van der Waals surface area contributed by atoms with E-state index in [2.05, 4.69) is 29.4 Å². The number of urea groups is 1. The van der Waals surface area contributed by atoms with Gasteiger partial charge in [0.2, 0.25) is 0 Å². The van der Waals surface area contributed by atoms with E-state index in [1.165, 1.54) is 0 Å². The van der Waals surface area contributed by atoms with Gasteiger partial charge in [0.25, 0.3) is 0 Å². The number of likely N-dealkylation sites (N-methyl/N-ethyl adjacent to an activating group) is 1. The number of hydrogen-bond acceptors (Lipinski definition) is 3. The van der Waals surface area contributed by atoms with Crippen molar-refractivity contribution in [1.82, 2.24) is 10.2 Å². The van der Waals surface area contributed by atoms with Crippen molar-refractivity contribution in [2.45, 2.75) is 26.8 Å². The van der Waals surface area contributed by atoms with Gasteiger partial charge in [-0.2, -0.15) is 0 Å². The second kappa shape index (κ2) is 7.64. The molecule has 0 aromatic heterocycles. The Balaban J connectivity index is 2.60. The Kier molecular flexibility index (Phi) is 6.17. The molecule has 0 spiro atoms. The number of carboxylic acid groups (broad SMARTS) is 1. The lowest BCUT2D eigenvalue weighted by atomic mass is 10.1. The lowest BCUT2D eigenvalue weighted by Crippen LogP contribution is -2.38. The van der Waals surface area contributed by atoms with Gasteiger partial charge in [0.05, 0.1) is 11.3 Å². The summed E-state index contributed by atoms with van der Waals surface area (Å²) >= 11 is 0. The van der Waals surface area contributed by atoms with Crippen LogP contribution in [0.25, 0.3) is 0 Å². The third-order valence-electron chi connectivity index (χ3n) is 3.37. The molecule has 2 amide bonds. The molecule has 0 fully saturated rings. The molecule has 0 heterocycles. The molecule has 1 aromatic carbocycles. The molecule has 0 saturated heterocycles. The molecule has 6 heteroatoms. The number of carboxylic acids is 1. The molecule has 0 radical (unpaired) electrons. The summed E-state index contributed by atoms with van der Waals surface area (Å²) in [5.74, 6) is -1.05. The summed E-state index contributed by atoms with van der Waals surface area (Å²) in [6.45, 7) is 7.07. The van der Waals surface area contributed by atoms with Crippen LogP contribution in [0.15, 0.2) is 18.2 Å². The summed E-state index contributed by atoms with van der Waals surface area (Å²) in [6.07, 6.45) is 0. The zero-order valence-electron chi connectivity index (χ0n) is 12.9. The van der Waals surface area contributed by atoms with Gasteiger partial charge in [-0.25, -0.2) is 9.59 Å². The Morgan fingerprint density at radius 1 is 1.33 bits per heavy atom. The minimum Gasteiger partial charge on any atom is -0.478 e. The smallest absolute Gasteiger partial charge is 0.338 e. The number of aryl methyl sites for hydroxylation is 1. The minimum atomic E-state index is -1.05. The van der Waals surface area contributed by atoms with Crippen molar-refractivity contribution >= 4 is 17.7 Å². The molecule has 0 bridgehead atoms. The van der Waals surface area contributed by atoms with Crippen LogP contribution in [0.1, 0.15) is 29.8 Å². The first-order valence-electron chi connectivity index (χ1n) is 6.91. The van der Waals surface area contributed by atoms with Crippen LogP contribution < -0.4 is 10.6 Å². The average Bonchev–Trinajstić information content (AvgIpc) is 2.37. The third-order valence-corrected chi connectivity index (χ3v) is 3.37. The molecule has 0 saturated carbocycles. The Labute approximate surface area is 125 Å². The second-order valence-electron chi connectivity index (χ2n) is 5.26. The number of nitrogens with zero attached hydrogens (tertiary/aromatic N) is 1. The first-order chi connectivity index (χ1) is 9.82. The lowest BCUT2D eigenvalue weighted by molar-refractivity contribution is 0.0697. The highest BCUT2D eigenvalue weighted by atomic mass is 16.4. The maximum Gasteiger partial charge on any atom is 0.338 e. The van der Waals surface area contributed by atoms with Gasteiger partial charge < -0.3 is 20.6 Å². The maximum absolute atomic E-state index is 11.8. The Morgan fingerprint density at radius 2 is 2.00 bits per heavy atom. The van der Waals surface area contributed by atoms with Crippen LogP contribution in [0.5, 0.6) is 0 Å². The van der Waals surface area contributed by atoms with Gasteiger partial charge in [-0.1, -0.05) is 12.1 Å². The van der Waals surface area contributed by atoms with E-state index in [9.17, 15) is 14.7 Å². The SMILES string of the molecule is Cc1cccc(NC(=O)NCCN(C)C(C)C)c1C(=O)O. The van der Waals surface area contributed by atoms with E-state index in [1.807, 2.05) is 7.05 Å². The molecule has 21 heavy (non-hydrogen) atoms. The molecule has 0 unspecified atom stereocenters. The fourth-order valence-corrected chi connectivity index (χ4v) is 1.83. The standard InChI is InChI=1S/C15H23N3O3/c1-10(2)18(4)9-8-16-15(21)17-12-7-5-6-11(3)13(12)14(19)20/h5-7,10H,8-9H2,1-4H3,(H,19,20)(H2,16,17,21). The van der Waals surface area contributed by atoms with Gasteiger partial charge in [-0.3, -0.25) is 0 Å². The number of aromatic carboxylic acids is 1. The molecule has 0 aliphatic heterocycles. The highest BCUT2D eigenvalue weighted by Gasteiger charge is 2.14. The summed E-state index contributed by atoms with van der Waals surface area (Å²) in [5, 5.41) is 14.5. The van der Waals surface area contributed by atoms with Crippen molar-refractivity contribution in [3.8, 4) is 0 Å². The van der Waals surface area contributed by atoms with Crippen molar-refractivity contribution in [3.63, 3.8) is 0 Å². The van der Waals surface area contributed by atoms with Gasteiger partial charge >= 0.3 is 12.0 Å². The molecule has 6 nitrogen and oxygen atoms in total. The summed E-state index contributed by atoms with van der Waals surface area (Å²) < 4.78 is 0. The fourth-order valence-electron chi connectivity index (χ4n) is 1.83. The number of benzene rings is 1. The van der Waals surface area contributed by atoms with E-state index in [4.69, 9.17) is 0 Å². The van der Waals surface area contributed by atoms with Crippen LogP contribution in [0.2, 0.25) is 0 Å². The molecule has 1 rings (SSSR count). The molecule has 0 aliphatic rings. The molecule has 0 aliphatic carbocycles. The molecule has 0 atom stereocenters. The Bertz CT molecular complexity index is 515. The summed E-state index contributed by atoms with van der Waals surface area (Å²) in [6, 6.07) is 5.00. The van der Waals surface area contributed by atoms with Crippen molar-refractivity contribution in [1.29, 1.82) is 0 Å². The van der Waals surface area contributed by atoms with E-state index < -0.39 is 12.0 Å². The monoisotopic (exact) mass is 293 g/mol. The zero-order valence-corrected chi connectivity index (χ0v) is 12.9. The van der Waals surface area contributed by atoms with Crippen molar-refractivity contribution < 1.29 is 14.7 Å². The molecule has 3 N–H and O–H groups in total. The Morgan fingerprint density at radius 3 is 2.57 bits per heavy atom. The van der Waals surface area contributed by atoms with E-state index in [1.54, 1.807) is 25.1 Å². The van der Waals surface area contributed by atoms with E-state index in [-0.39, 0.29) is 5.56 Å². The lowest BCUT2D eigenvalue weighted by Gasteiger charge is -2.21. The summed E-state index contributed by atoms with van der Waals surface area (Å²) in [5.41, 5.74) is 1.03. The van der Waals surface area contributed by atoms with Gasteiger partial charge in [-0.15, -0.1) is 0 Å². The van der Waals surface area contributed by atoms with Crippen molar-refractivity contribution in [2.24, 2.45) is 0 Å². The molecule has 1 aromatic rings. The van der Waals surface area contributed by atoms with Crippen LogP contribution in [0, 0.1) is 6.92 Å². The van der Waals surface area contributed by atoms with Crippen LogP contribution >= 0.6 is 0 Å². The number of hydrogen-bond donors (Lipinski definition) is 3. The van der Waals surface area contributed by atoms with Crippen LogP contribution in [0.4, 0.5) is 10.5 Å². The van der Waals surface area contributed by atoms with Crippen LogP contribution in [-0.4, -0.2) is 48.2 Å². The largest absolute Gasteiger partial charge is 0.478 e. The van der Waals surface area contributed by atoms with Gasteiger partial charge in [0.1, 0.15) is 0 Å². The van der Waals surface area contributed by atoms with E-state index >= 15 is 0 Å². The van der Waals surface area contributed by atoms with Crippen LogP contribution in [-0.2, 0) is 0 Å². The number of amides is 2. The predicted molar refractivity (Wildman–Crippen MR) is 82.9 cm³/mol. The highest BCUT2D eigenvalue weighted by molar-refractivity contribution is 6.01. The van der Waals surface area contributed by atoms with Crippen LogP contribution in [0.3, 0.4) is 0 Å². The third kappa shape index (κ3) is 5.07. The first kappa shape index (κ1) is 17.0. The minimum absolute atomic E-state index is 0.118. The predicted octanol–water partition coefficient (Wildman–Crippen LogP) is 2.15. The second-order valence-corrected chi connectivity index (χ2v) is 5.26. The quantitative estimate of drug-likeness (QED) is 0.750. The molecular weight excluding hydrogens is 270 g/mol. The van der Waals surface area contributed by atoms with Gasteiger partial charge in [-0.05, 0) is 39.4 Å². The zero-order chi connectivity index (χ0) is 16.0. The summed E-state index contributed by atoms with van der Waals surface area (Å²) in [7, 11) is 1.98. The normalized spacial score (nSPS) is 10.8. The molecular formula is C15H23N3O3. The van der Waals surface area contributed by atoms with Gasteiger partial charge in [0.15, 0.2) is 0 Å².